The molecule has 124 valence electrons. The Bertz CT molecular complexity index is 985. The maximum atomic E-state index is 11.2. The topological polar surface area (TPSA) is 94.2 Å². The van der Waals surface area contributed by atoms with Crippen LogP contribution in [0.3, 0.4) is 0 Å². The predicted molar refractivity (Wildman–Crippen MR) is 98.9 cm³/mol. The zero-order chi connectivity index (χ0) is 17.8. The van der Waals surface area contributed by atoms with E-state index in [1.165, 1.54) is 29.2 Å². The number of carbonyl (C=O) groups is 1. The number of fused-ring (bicyclic) bond motifs is 1. The van der Waals surface area contributed by atoms with Gasteiger partial charge in [-0.1, -0.05) is 24.3 Å². The molecule has 0 amide bonds. The third-order valence-corrected chi connectivity index (χ3v) is 5.53. The molecule has 25 heavy (non-hydrogen) atoms. The Morgan fingerprint density at radius 3 is 2.60 bits per heavy atom. The zero-order valence-electron chi connectivity index (χ0n) is 12.8. The van der Waals surface area contributed by atoms with Crippen molar-refractivity contribution in [2.45, 2.75) is 4.90 Å². The number of nitriles is 1. The van der Waals surface area contributed by atoms with Crippen molar-refractivity contribution in [3.63, 3.8) is 0 Å². The predicted octanol–water partition coefficient (Wildman–Crippen LogP) is 4.58. The number of hydrogen-bond donors (Lipinski definition) is 2. The molecule has 2 N–H and O–H groups in total. The van der Waals surface area contributed by atoms with E-state index in [-0.39, 0.29) is 22.6 Å². The minimum Gasteiger partial charge on any atom is -0.510 e. The molecule has 3 aromatic rings. The van der Waals surface area contributed by atoms with E-state index >= 15 is 0 Å². The Morgan fingerprint density at radius 2 is 1.88 bits per heavy atom. The Hall–Kier alpha value is -2.82. The summed E-state index contributed by atoms with van der Waals surface area (Å²) in [5.74, 6) is -1.06. The monoisotopic (exact) mass is 368 g/mol. The number of thiazole rings is 1. The number of carboxylic acids is 1. The van der Waals surface area contributed by atoms with Gasteiger partial charge in [-0.15, -0.1) is 23.1 Å². The fourth-order valence-corrected chi connectivity index (χ4v) is 4.11. The van der Waals surface area contributed by atoms with Crippen LogP contribution in [0.1, 0.15) is 15.4 Å². The lowest BCUT2D eigenvalue weighted by molar-refractivity contribution is 0.0693. The largest absolute Gasteiger partial charge is 0.510 e. The number of aliphatic hydroxyl groups excluding tert-OH is 1. The Balaban J connectivity index is 1.88. The van der Waals surface area contributed by atoms with E-state index in [0.29, 0.717) is 9.90 Å². The van der Waals surface area contributed by atoms with Crippen molar-refractivity contribution < 1.29 is 15.0 Å². The molecule has 0 radical (unpaired) electrons. The molecule has 0 aliphatic rings. The number of carboxylic acid groups (broad SMARTS) is 1. The molecule has 0 fully saturated rings. The van der Waals surface area contributed by atoms with Crippen molar-refractivity contribution in [3.8, 4) is 6.07 Å². The molecule has 0 spiro atoms. The maximum absolute atomic E-state index is 11.2. The number of hydrogen-bond acceptors (Lipinski definition) is 6. The lowest BCUT2D eigenvalue weighted by Gasteiger charge is -2.06. The van der Waals surface area contributed by atoms with Crippen LogP contribution < -0.4 is 0 Å². The molecule has 3 rings (SSSR count). The number of benzene rings is 2. The normalized spacial score (nSPS) is 11.8. The lowest BCUT2D eigenvalue weighted by atomic mass is 10.2. The molecule has 0 atom stereocenters. The van der Waals surface area contributed by atoms with Crippen LogP contribution in [0.25, 0.3) is 15.8 Å². The number of nitrogens with zero attached hydrogens (tertiary/aromatic N) is 2. The summed E-state index contributed by atoms with van der Waals surface area (Å²) in [6.07, 6.45) is 0. The number of aliphatic hydroxyl groups is 1. The van der Waals surface area contributed by atoms with Crippen molar-refractivity contribution in [1.29, 1.82) is 5.26 Å². The van der Waals surface area contributed by atoms with Crippen molar-refractivity contribution >= 4 is 44.9 Å². The van der Waals surface area contributed by atoms with Crippen LogP contribution in [0.15, 0.2) is 59.2 Å². The molecule has 2 aromatic carbocycles. The van der Waals surface area contributed by atoms with Crippen molar-refractivity contribution in [2.75, 3.05) is 5.75 Å². The highest BCUT2D eigenvalue weighted by molar-refractivity contribution is 7.99. The summed E-state index contributed by atoms with van der Waals surface area (Å²) in [4.78, 5) is 16.1. The number of thioether (sulfide) groups is 1. The number of para-hydroxylation sites is 1. The van der Waals surface area contributed by atoms with Gasteiger partial charge in [0.25, 0.3) is 0 Å². The van der Waals surface area contributed by atoms with Gasteiger partial charge in [0.15, 0.2) is 0 Å². The van der Waals surface area contributed by atoms with E-state index in [0.717, 1.165) is 10.2 Å². The molecule has 0 saturated heterocycles. The lowest BCUT2D eigenvalue weighted by Crippen LogP contribution is -1.99. The number of aromatic carboxylic acids is 1. The maximum Gasteiger partial charge on any atom is 0.336 e. The molecule has 5 nitrogen and oxygen atoms in total. The summed E-state index contributed by atoms with van der Waals surface area (Å²) in [5, 5.41) is 29.4. The van der Waals surface area contributed by atoms with Crippen LogP contribution in [-0.4, -0.2) is 26.9 Å². The van der Waals surface area contributed by atoms with Gasteiger partial charge in [-0.05, 0) is 24.3 Å². The summed E-state index contributed by atoms with van der Waals surface area (Å²) in [5.41, 5.74) is 1.05. The second-order valence-corrected chi connectivity index (χ2v) is 7.06. The van der Waals surface area contributed by atoms with Gasteiger partial charge in [0.05, 0.1) is 21.5 Å². The van der Waals surface area contributed by atoms with Gasteiger partial charge in [0.2, 0.25) is 0 Å². The number of rotatable bonds is 5. The van der Waals surface area contributed by atoms with Gasteiger partial charge < -0.3 is 10.2 Å². The quantitative estimate of drug-likeness (QED) is 0.389. The Labute approximate surface area is 151 Å². The third-order valence-electron chi connectivity index (χ3n) is 3.39. The smallest absolute Gasteiger partial charge is 0.336 e. The van der Waals surface area contributed by atoms with Gasteiger partial charge in [0.1, 0.15) is 22.4 Å². The molecule has 7 heteroatoms. The molecule has 0 saturated carbocycles. The molecule has 1 aromatic heterocycles. The SMILES string of the molecule is N#C/C(=C(/O)CSc1ccccc1C(=O)O)c1nc2ccccc2s1. The first kappa shape index (κ1) is 17.0. The van der Waals surface area contributed by atoms with E-state index in [1.807, 2.05) is 30.3 Å². The Kier molecular flexibility index (Phi) is 5.03. The highest BCUT2D eigenvalue weighted by atomic mass is 32.2. The molecule has 1 heterocycles. The van der Waals surface area contributed by atoms with Crippen molar-refractivity contribution in [3.05, 3.63) is 64.9 Å². The highest BCUT2D eigenvalue weighted by Gasteiger charge is 2.15. The second kappa shape index (κ2) is 7.38. The van der Waals surface area contributed by atoms with Crippen LogP contribution in [0, 0.1) is 11.3 Å². The van der Waals surface area contributed by atoms with Crippen LogP contribution in [-0.2, 0) is 0 Å². The standard InChI is InChI=1S/C18H12N2O3S2/c19-9-12(17-20-13-6-2-4-8-16(13)25-17)14(21)10-24-15-7-3-1-5-11(15)18(22)23/h1-8,21H,10H2,(H,22,23)/b14-12-. The van der Waals surface area contributed by atoms with Gasteiger partial charge in [-0.25, -0.2) is 9.78 Å². The summed E-state index contributed by atoms with van der Waals surface area (Å²) in [7, 11) is 0. The molecular weight excluding hydrogens is 356 g/mol. The van der Waals surface area contributed by atoms with E-state index in [4.69, 9.17) is 0 Å². The minimum absolute atomic E-state index is 0.0864. The van der Waals surface area contributed by atoms with Gasteiger partial charge in [-0.3, -0.25) is 0 Å². The van der Waals surface area contributed by atoms with Crippen LogP contribution in [0.5, 0.6) is 0 Å². The fraction of sp³-hybridized carbons (Fsp3) is 0.0556. The van der Waals surface area contributed by atoms with Crippen molar-refractivity contribution in [2.24, 2.45) is 0 Å². The first-order chi connectivity index (χ1) is 12.1. The first-order valence-corrected chi connectivity index (χ1v) is 9.03. The van der Waals surface area contributed by atoms with Crippen LogP contribution >= 0.6 is 23.1 Å². The van der Waals surface area contributed by atoms with E-state index in [9.17, 15) is 20.3 Å². The summed E-state index contributed by atoms with van der Waals surface area (Å²) in [6.45, 7) is 0. The third kappa shape index (κ3) is 3.65. The van der Waals surface area contributed by atoms with E-state index in [1.54, 1.807) is 18.2 Å². The van der Waals surface area contributed by atoms with Crippen LogP contribution in [0.4, 0.5) is 0 Å². The average molecular weight is 368 g/mol. The van der Waals surface area contributed by atoms with Crippen LogP contribution in [0.2, 0.25) is 0 Å². The van der Waals surface area contributed by atoms with E-state index in [2.05, 4.69) is 4.98 Å². The van der Waals surface area contributed by atoms with Gasteiger partial charge >= 0.3 is 5.97 Å². The second-order valence-electron chi connectivity index (χ2n) is 5.01. The summed E-state index contributed by atoms with van der Waals surface area (Å²) >= 11 is 2.50. The molecular formula is C18H12N2O3S2. The van der Waals surface area contributed by atoms with Gasteiger partial charge in [-0.2, -0.15) is 5.26 Å². The zero-order valence-corrected chi connectivity index (χ0v) is 14.5. The average Bonchev–Trinajstić information content (AvgIpc) is 3.04. The minimum atomic E-state index is -1.03. The van der Waals surface area contributed by atoms with Crippen molar-refractivity contribution in [1.82, 2.24) is 4.98 Å². The summed E-state index contributed by atoms with van der Waals surface area (Å²) < 4.78 is 0.932. The Morgan fingerprint density at radius 1 is 1.16 bits per heavy atom. The fourth-order valence-electron chi connectivity index (χ4n) is 2.20. The highest BCUT2D eigenvalue weighted by Crippen LogP contribution is 2.30. The number of allylic oxidation sites excluding steroid dienone is 1. The van der Waals surface area contributed by atoms with Gasteiger partial charge in [0, 0.05) is 4.90 Å². The molecule has 0 unspecified atom stereocenters. The molecule has 0 aliphatic carbocycles. The van der Waals surface area contributed by atoms with E-state index < -0.39 is 5.97 Å². The first-order valence-electron chi connectivity index (χ1n) is 7.23. The molecule has 0 bridgehead atoms. The molecule has 0 aliphatic heterocycles. The summed E-state index contributed by atoms with van der Waals surface area (Å²) in [6, 6.07) is 16.0. The number of aromatic nitrogens is 1.